The van der Waals surface area contributed by atoms with Gasteiger partial charge in [-0.2, -0.15) is 0 Å². The van der Waals surface area contributed by atoms with Crippen molar-refractivity contribution in [3.05, 3.63) is 0 Å². The smallest absolute Gasteiger partial charge is 0.236 e. The molecule has 0 aliphatic carbocycles. The summed E-state index contributed by atoms with van der Waals surface area (Å²) in [7, 11) is 3.55. The minimum atomic E-state index is -0.749. The molecular weight excluding hydrogens is 220 g/mol. The van der Waals surface area contributed by atoms with E-state index < -0.39 is 5.60 Å². The summed E-state index contributed by atoms with van der Waals surface area (Å²) in [6.45, 7) is 6.59. The first-order valence-corrected chi connectivity index (χ1v) is 6.04. The Balaban J connectivity index is 2.39. The van der Waals surface area contributed by atoms with E-state index in [2.05, 4.69) is 0 Å². The number of methoxy groups -OCH3 is 1. The Morgan fingerprint density at radius 3 is 2.76 bits per heavy atom. The second kappa shape index (κ2) is 5.80. The molecule has 1 amide bonds. The summed E-state index contributed by atoms with van der Waals surface area (Å²) in [6.07, 6.45) is 0. The molecule has 1 fully saturated rings. The lowest BCUT2D eigenvalue weighted by Crippen LogP contribution is -2.40. The monoisotopic (exact) mass is 244 g/mol. The van der Waals surface area contributed by atoms with Crippen LogP contribution in [0.1, 0.15) is 13.8 Å². The van der Waals surface area contributed by atoms with Crippen molar-refractivity contribution in [3.63, 3.8) is 0 Å². The molecule has 5 nitrogen and oxygen atoms in total. The summed E-state index contributed by atoms with van der Waals surface area (Å²) in [4.78, 5) is 15.7. The lowest BCUT2D eigenvalue weighted by atomic mass is 9.95. The summed E-state index contributed by atoms with van der Waals surface area (Å²) in [5, 5.41) is 10.0. The highest BCUT2D eigenvalue weighted by atomic mass is 16.5. The van der Waals surface area contributed by atoms with Crippen molar-refractivity contribution in [1.29, 1.82) is 0 Å². The van der Waals surface area contributed by atoms with Crippen molar-refractivity contribution in [2.24, 2.45) is 5.92 Å². The molecule has 0 radical (unpaired) electrons. The van der Waals surface area contributed by atoms with Crippen LogP contribution < -0.4 is 0 Å². The third-order valence-corrected chi connectivity index (χ3v) is 3.50. The van der Waals surface area contributed by atoms with E-state index >= 15 is 0 Å². The molecule has 5 heteroatoms. The molecule has 1 aliphatic rings. The number of aliphatic hydroxyl groups is 1. The lowest BCUT2D eigenvalue weighted by molar-refractivity contribution is -0.132. The number of likely N-dealkylation sites (tertiary alicyclic amines) is 1. The zero-order valence-corrected chi connectivity index (χ0v) is 11.3. The van der Waals surface area contributed by atoms with E-state index in [0.29, 0.717) is 26.2 Å². The van der Waals surface area contributed by atoms with Crippen LogP contribution in [0.15, 0.2) is 0 Å². The van der Waals surface area contributed by atoms with Gasteiger partial charge in [-0.3, -0.25) is 9.69 Å². The number of hydrogen-bond acceptors (Lipinski definition) is 4. The Bertz CT molecular complexity index is 268. The summed E-state index contributed by atoms with van der Waals surface area (Å²) in [5.41, 5.74) is -0.749. The summed E-state index contributed by atoms with van der Waals surface area (Å²) in [5.74, 6) is 0.212. The van der Waals surface area contributed by atoms with Gasteiger partial charge in [-0.05, 0) is 14.0 Å². The maximum Gasteiger partial charge on any atom is 0.236 e. The zero-order chi connectivity index (χ0) is 13.1. The van der Waals surface area contributed by atoms with E-state index in [4.69, 9.17) is 4.74 Å². The molecule has 0 aromatic rings. The molecule has 100 valence electrons. The molecule has 0 aromatic heterocycles. The Morgan fingerprint density at radius 1 is 1.65 bits per heavy atom. The van der Waals surface area contributed by atoms with Gasteiger partial charge in [-0.1, -0.05) is 6.92 Å². The number of rotatable bonds is 5. The van der Waals surface area contributed by atoms with Crippen molar-refractivity contribution in [2.45, 2.75) is 19.4 Å². The minimum absolute atomic E-state index is 0.0771. The van der Waals surface area contributed by atoms with Gasteiger partial charge < -0.3 is 14.7 Å². The molecule has 1 rings (SSSR count). The van der Waals surface area contributed by atoms with E-state index in [0.717, 1.165) is 6.54 Å². The van der Waals surface area contributed by atoms with E-state index in [9.17, 15) is 9.90 Å². The number of hydrogen-bond donors (Lipinski definition) is 1. The van der Waals surface area contributed by atoms with Gasteiger partial charge in [0.15, 0.2) is 0 Å². The maximum absolute atomic E-state index is 12.0. The third kappa shape index (κ3) is 3.94. The van der Waals surface area contributed by atoms with Crippen LogP contribution in [0.3, 0.4) is 0 Å². The molecule has 0 spiro atoms. The highest BCUT2D eigenvalue weighted by Crippen LogP contribution is 2.26. The topological polar surface area (TPSA) is 53.0 Å². The standard InChI is InChI=1S/C12H24N2O3/c1-10-7-14(9-12(10,2)16)11(15)8-13(3)5-6-17-4/h10,16H,5-9H2,1-4H3/t10-,12+/m1/s1. The fourth-order valence-corrected chi connectivity index (χ4v) is 1.98. The fourth-order valence-electron chi connectivity index (χ4n) is 1.98. The van der Waals surface area contributed by atoms with Crippen molar-refractivity contribution < 1.29 is 14.6 Å². The van der Waals surface area contributed by atoms with Crippen LogP contribution in [0, 0.1) is 5.92 Å². The van der Waals surface area contributed by atoms with E-state index in [1.165, 1.54) is 0 Å². The van der Waals surface area contributed by atoms with Crippen LogP contribution in [-0.2, 0) is 9.53 Å². The Hall–Kier alpha value is -0.650. The summed E-state index contributed by atoms with van der Waals surface area (Å²) in [6, 6.07) is 0. The first-order valence-electron chi connectivity index (χ1n) is 6.04. The number of carbonyl (C=O) groups excluding carboxylic acids is 1. The summed E-state index contributed by atoms with van der Waals surface area (Å²) >= 11 is 0. The van der Waals surface area contributed by atoms with Crippen LogP contribution in [0.25, 0.3) is 0 Å². The zero-order valence-electron chi connectivity index (χ0n) is 11.3. The van der Waals surface area contributed by atoms with Gasteiger partial charge >= 0.3 is 0 Å². The van der Waals surface area contributed by atoms with E-state index in [-0.39, 0.29) is 11.8 Å². The van der Waals surface area contributed by atoms with Gasteiger partial charge in [0.05, 0.1) is 18.8 Å². The minimum Gasteiger partial charge on any atom is -0.388 e. The summed E-state index contributed by atoms with van der Waals surface area (Å²) < 4.78 is 4.96. The van der Waals surface area contributed by atoms with E-state index in [1.807, 2.05) is 18.9 Å². The van der Waals surface area contributed by atoms with Gasteiger partial charge in [0.25, 0.3) is 0 Å². The van der Waals surface area contributed by atoms with Crippen LogP contribution in [-0.4, -0.2) is 73.4 Å². The van der Waals surface area contributed by atoms with Crippen LogP contribution in [0.5, 0.6) is 0 Å². The molecule has 17 heavy (non-hydrogen) atoms. The number of amides is 1. The lowest BCUT2D eigenvalue weighted by Gasteiger charge is -2.22. The molecule has 1 heterocycles. The SMILES string of the molecule is COCCN(C)CC(=O)N1C[C@@H](C)[C@@](C)(O)C1. The Kier molecular flexibility index (Phi) is 4.91. The average molecular weight is 244 g/mol. The van der Waals surface area contributed by atoms with Crippen molar-refractivity contribution in [1.82, 2.24) is 9.80 Å². The van der Waals surface area contributed by atoms with Gasteiger partial charge in [0.1, 0.15) is 0 Å². The van der Waals surface area contributed by atoms with Crippen molar-refractivity contribution in [3.8, 4) is 0 Å². The number of β-amino-alcohol motifs (C(OH)–C–C–N with tert-alkyl or cyclic N) is 1. The second-order valence-corrected chi connectivity index (χ2v) is 5.26. The first kappa shape index (κ1) is 14.4. The number of likely N-dealkylation sites (N-methyl/N-ethyl adjacent to an activating group) is 1. The molecule has 1 saturated heterocycles. The highest BCUT2D eigenvalue weighted by molar-refractivity contribution is 5.78. The molecule has 2 atom stereocenters. The maximum atomic E-state index is 12.0. The predicted molar refractivity (Wildman–Crippen MR) is 65.7 cm³/mol. The van der Waals surface area contributed by atoms with E-state index in [1.54, 1.807) is 18.9 Å². The number of nitrogens with zero attached hydrogens (tertiary/aromatic N) is 2. The second-order valence-electron chi connectivity index (χ2n) is 5.26. The number of ether oxygens (including phenoxy) is 1. The molecular formula is C12H24N2O3. The third-order valence-electron chi connectivity index (χ3n) is 3.50. The van der Waals surface area contributed by atoms with Gasteiger partial charge in [0.2, 0.25) is 5.91 Å². The Labute approximate surface area is 103 Å². The molecule has 0 bridgehead atoms. The predicted octanol–water partition coefficient (Wildman–Crippen LogP) is -0.206. The highest BCUT2D eigenvalue weighted by Gasteiger charge is 2.40. The average Bonchev–Trinajstić information content (AvgIpc) is 2.51. The van der Waals surface area contributed by atoms with Gasteiger partial charge in [0, 0.05) is 32.7 Å². The van der Waals surface area contributed by atoms with Gasteiger partial charge in [-0.25, -0.2) is 0 Å². The number of carbonyl (C=O) groups is 1. The van der Waals surface area contributed by atoms with Crippen LogP contribution >= 0.6 is 0 Å². The molecule has 0 saturated carbocycles. The van der Waals surface area contributed by atoms with Crippen molar-refractivity contribution >= 4 is 5.91 Å². The Morgan fingerprint density at radius 2 is 2.29 bits per heavy atom. The van der Waals surface area contributed by atoms with Crippen LogP contribution in [0.4, 0.5) is 0 Å². The van der Waals surface area contributed by atoms with Crippen LogP contribution in [0.2, 0.25) is 0 Å². The van der Waals surface area contributed by atoms with Crippen molar-refractivity contribution in [2.75, 3.05) is 46.9 Å². The normalized spacial score (nSPS) is 29.1. The van der Waals surface area contributed by atoms with Gasteiger partial charge in [-0.15, -0.1) is 0 Å². The molecule has 0 aromatic carbocycles. The first-order chi connectivity index (χ1) is 7.86. The quantitative estimate of drug-likeness (QED) is 0.727. The molecule has 0 unspecified atom stereocenters. The molecule has 1 aliphatic heterocycles. The largest absolute Gasteiger partial charge is 0.388 e. The molecule has 1 N–H and O–H groups in total. The fraction of sp³-hybridized carbons (Fsp3) is 0.917.